The predicted octanol–water partition coefficient (Wildman–Crippen LogP) is 4.52. The highest BCUT2D eigenvalue weighted by Crippen LogP contribution is 2.28. The zero-order chi connectivity index (χ0) is 31.7. The second-order valence-corrected chi connectivity index (χ2v) is 14.9. The number of thioether (sulfide) groups is 2. The van der Waals surface area contributed by atoms with Crippen molar-refractivity contribution in [3.8, 4) is 5.75 Å². The van der Waals surface area contributed by atoms with E-state index in [1.54, 1.807) is 63.9 Å². The summed E-state index contributed by atoms with van der Waals surface area (Å²) in [6, 6.07) is 5.57. The fourth-order valence-electron chi connectivity index (χ4n) is 5.76. The summed E-state index contributed by atoms with van der Waals surface area (Å²) >= 11 is 3.21. The van der Waals surface area contributed by atoms with Gasteiger partial charge in [-0.2, -0.15) is 11.8 Å². The first kappa shape index (κ1) is 34.3. The van der Waals surface area contributed by atoms with E-state index < -0.39 is 23.8 Å². The van der Waals surface area contributed by atoms with E-state index in [0.717, 1.165) is 5.75 Å². The molecule has 4 amide bonds. The van der Waals surface area contributed by atoms with Crippen LogP contribution in [0.15, 0.2) is 24.3 Å². The number of hydrogen-bond acceptors (Lipinski definition) is 8. The number of benzene rings is 1. The molecular weight excluding hydrogens is 601 g/mol. The topological polar surface area (TPSA) is 117 Å². The van der Waals surface area contributed by atoms with E-state index in [1.807, 2.05) is 4.90 Å². The lowest BCUT2D eigenvalue weighted by atomic mass is 9.91. The van der Waals surface area contributed by atoms with Gasteiger partial charge in [0.1, 0.15) is 23.4 Å². The summed E-state index contributed by atoms with van der Waals surface area (Å²) in [5.41, 5.74) is -0.0604. The molecule has 4 rings (SSSR count). The minimum Gasteiger partial charge on any atom is -0.497 e. The van der Waals surface area contributed by atoms with Gasteiger partial charge in [-0.05, 0) is 82.4 Å². The van der Waals surface area contributed by atoms with Crippen molar-refractivity contribution in [2.24, 2.45) is 5.92 Å². The molecule has 1 saturated carbocycles. The van der Waals surface area contributed by atoms with Crippen molar-refractivity contribution in [3.05, 3.63) is 29.8 Å². The molecule has 244 valence electrons. The van der Waals surface area contributed by atoms with Gasteiger partial charge < -0.3 is 25.0 Å². The van der Waals surface area contributed by atoms with Gasteiger partial charge in [0.2, 0.25) is 11.8 Å². The third-order valence-electron chi connectivity index (χ3n) is 8.27. The number of methoxy groups -OCH3 is 1. The summed E-state index contributed by atoms with van der Waals surface area (Å²) in [5, 5.41) is 6.13. The Kier molecular flexibility index (Phi) is 12.5. The van der Waals surface area contributed by atoms with Crippen molar-refractivity contribution in [2.45, 2.75) is 89.4 Å². The van der Waals surface area contributed by atoms with Crippen LogP contribution in [0.5, 0.6) is 5.75 Å². The number of carbonyl (C=O) groups is 4. The molecule has 0 radical (unpaired) electrons. The number of carbonyl (C=O) groups excluding carboxylic acids is 4. The molecule has 2 aliphatic heterocycles. The van der Waals surface area contributed by atoms with E-state index in [4.69, 9.17) is 9.47 Å². The summed E-state index contributed by atoms with van der Waals surface area (Å²) < 4.78 is 10.7. The Labute approximate surface area is 270 Å². The van der Waals surface area contributed by atoms with Gasteiger partial charge in [0.25, 0.3) is 5.91 Å². The van der Waals surface area contributed by atoms with Crippen LogP contribution in [-0.2, 0) is 14.3 Å². The quantitative estimate of drug-likeness (QED) is 0.381. The van der Waals surface area contributed by atoms with Crippen molar-refractivity contribution in [1.29, 1.82) is 0 Å². The number of ether oxygens (including phenoxy) is 2. The van der Waals surface area contributed by atoms with Gasteiger partial charge in [-0.3, -0.25) is 19.3 Å². The maximum Gasteiger partial charge on any atom is 0.411 e. The first-order chi connectivity index (χ1) is 21.0. The van der Waals surface area contributed by atoms with Crippen LogP contribution in [0.3, 0.4) is 0 Å². The number of hydrogen-bond donors (Lipinski definition) is 2. The van der Waals surface area contributed by atoms with Gasteiger partial charge in [0, 0.05) is 36.2 Å². The average molecular weight is 649 g/mol. The number of rotatable bonds is 10. The Bertz CT molecular complexity index is 1130. The third kappa shape index (κ3) is 9.95. The van der Waals surface area contributed by atoms with E-state index in [1.165, 1.54) is 48.8 Å². The first-order valence-corrected chi connectivity index (χ1v) is 18.0. The smallest absolute Gasteiger partial charge is 0.411 e. The maximum atomic E-state index is 13.6. The highest BCUT2D eigenvalue weighted by atomic mass is 32.2. The lowest BCUT2D eigenvalue weighted by Gasteiger charge is -2.33. The SMILES string of the molecule is COc1ccc(C(=O)N2CCC(NC(=O)C(CSCC3CCCCC3)NC(=O)C3CSCN3C(=O)OC(C)(C)C)CC2)cc1. The largest absolute Gasteiger partial charge is 0.497 e. The number of piperidine rings is 1. The fourth-order valence-corrected chi connectivity index (χ4v) is 8.18. The molecular formula is C32H48N4O6S2. The highest BCUT2D eigenvalue weighted by Gasteiger charge is 2.39. The van der Waals surface area contributed by atoms with Crippen molar-refractivity contribution in [2.75, 3.05) is 43.3 Å². The van der Waals surface area contributed by atoms with Crippen LogP contribution in [0.1, 0.15) is 76.1 Å². The minimum atomic E-state index is -0.721. The third-order valence-corrected chi connectivity index (χ3v) is 10.6. The average Bonchev–Trinajstić information content (AvgIpc) is 3.51. The van der Waals surface area contributed by atoms with Crippen LogP contribution in [-0.4, -0.2) is 101 Å². The maximum absolute atomic E-state index is 13.6. The summed E-state index contributed by atoms with van der Waals surface area (Å²) in [6.07, 6.45) is 6.98. The number of amides is 4. The molecule has 10 nitrogen and oxygen atoms in total. The molecule has 2 saturated heterocycles. The van der Waals surface area contributed by atoms with Crippen LogP contribution >= 0.6 is 23.5 Å². The Morgan fingerprint density at radius 1 is 1.02 bits per heavy atom. The second-order valence-electron chi connectivity index (χ2n) is 12.9. The van der Waals surface area contributed by atoms with Crippen molar-refractivity contribution >= 4 is 47.3 Å². The number of nitrogens with zero attached hydrogens (tertiary/aromatic N) is 2. The molecule has 12 heteroatoms. The van der Waals surface area contributed by atoms with Gasteiger partial charge in [-0.15, -0.1) is 11.8 Å². The van der Waals surface area contributed by atoms with Gasteiger partial charge in [-0.25, -0.2) is 4.79 Å². The van der Waals surface area contributed by atoms with Crippen LogP contribution in [0.2, 0.25) is 0 Å². The van der Waals surface area contributed by atoms with Crippen LogP contribution < -0.4 is 15.4 Å². The molecule has 2 N–H and O–H groups in total. The molecule has 1 aromatic carbocycles. The molecule has 0 aromatic heterocycles. The first-order valence-electron chi connectivity index (χ1n) is 15.7. The van der Waals surface area contributed by atoms with E-state index in [-0.39, 0.29) is 23.8 Å². The zero-order valence-corrected chi connectivity index (χ0v) is 28.1. The molecule has 3 fully saturated rings. The predicted molar refractivity (Wildman–Crippen MR) is 175 cm³/mol. The van der Waals surface area contributed by atoms with Crippen LogP contribution in [0.25, 0.3) is 0 Å². The molecule has 44 heavy (non-hydrogen) atoms. The lowest BCUT2D eigenvalue weighted by molar-refractivity contribution is -0.131. The van der Waals surface area contributed by atoms with Gasteiger partial charge in [0.15, 0.2) is 0 Å². The molecule has 2 heterocycles. The normalized spacial score (nSPS) is 20.6. The monoisotopic (exact) mass is 648 g/mol. The summed E-state index contributed by atoms with van der Waals surface area (Å²) in [4.78, 5) is 56.1. The standard InChI is InChI=1S/C32H48N4O6S2/c1-32(2,3)42-31(40)36-21-44-20-27(36)29(38)34-26(19-43-18-22-8-6-5-7-9-22)28(37)33-24-14-16-35(17-15-24)30(39)23-10-12-25(41-4)13-11-23/h10-13,22,24,26-27H,5-9,14-21H2,1-4H3,(H,33,37)(H,34,38). The van der Waals surface area contributed by atoms with E-state index in [2.05, 4.69) is 10.6 Å². The van der Waals surface area contributed by atoms with Crippen molar-refractivity contribution in [1.82, 2.24) is 20.4 Å². The molecule has 1 aliphatic carbocycles. The minimum absolute atomic E-state index is 0.0364. The van der Waals surface area contributed by atoms with Gasteiger partial charge in [0.05, 0.1) is 13.0 Å². The Hall–Kier alpha value is -2.60. The Balaban J connectivity index is 1.34. The molecule has 0 spiro atoms. The Morgan fingerprint density at radius 3 is 2.34 bits per heavy atom. The zero-order valence-electron chi connectivity index (χ0n) is 26.5. The van der Waals surface area contributed by atoms with Crippen molar-refractivity contribution in [3.63, 3.8) is 0 Å². The molecule has 3 aliphatic rings. The summed E-state index contributed by atoms with van der Waals surface area (Å²) in [6.45, 7) is 6.46. The molecule has 0 bridgehead atoms. The van der Waals surface area contributed by atoms with Crippen molar-refractivity contribution < 1.29 is 28.7 Å². The van der Waals surface area contributed by atoms with E-state index in [0.29, 0.717) is 60.5 Å². The molecule has 2 atom stereocenters. The summed E-state index contributed by atoms with van der Waals surface area (Å²) in [5.74, 6) is 3.02. The van der Waals surface area contributed by atoms with Gasteiger partial charge in [-0.1, -0.05) is 19.3 Å². The van der Waals surface area contributed by atoms with E-state index in [9.17, 15) is 19.2 Å². The second kappa shape index (κ2) is 16.1. The van der Waals surface area contributed by atoms with Crippen LogP contribution in [0, 0.1) is 5.92 Å². The van der Waals surface area contributed by atoms with Gasteiger partial charge >= 0.3 is 6.09 Å². The van der Waals surface area contributed by atoms with E-state index >= 15 is 0 Å². The number of nitrogens with one attached hydrogen (secondary N) is 2. The molecule has 1 aromatic rings. The highest BCUT2D eigenvalue weighted by molar-refractivity contribution is 7.99. The fraction of sp³-hybridized carbons (Fsp3) is 0.688. The van der Waals surface area contributed by atoms with Crippen LogP contribution in [0.4, 0.5) is 4.79 Å². The Morgan fingerprint density at radius 2 is 1.70 bits per heavy atom. The summed E-state index contributed by atoms with van der Waals surface area (Å²) in [7, 11) is 1.59. The number of likely N-dealkylation sites (tertiary alicyclic amines) is 1. The lowest BCUT2D eigenvalue weighted by Crippen LogP contribution is -2.57. The molecule has 2 unspecified atom stereocenters.